The van der Waals surface area contributed by atoms with Crippen LogP contribution in [0.1, 0.15) is 46.1 Å². The zero-order valence-electron chi connectivity index (χ0n) is 16.9. The van der Waals surface area contributed by atoms with Gasteiger partial charge in [-0.3, -0.25) is 0 Å². The fourth-order valence-corrected chi connectivity index (χ4v) is 3.35. The molecule has 1 atom stereocenters. The molecule has 0 amide bonds. The molecule has 1 unspecified atom stereocenters. The number of methoxy groups -OCH3 is 1. The van der Waals surface area contributed by atoms with Gasteiger partial charge in [0.25, 0.3) is 0 Å². The molecule has 1 aromatic carbocycles. The van der Waals surface area contributed by atoms with Crippen LogP contribution in [-0.2, 0) is 6.54 Å². The second-order valence-corrected chi connectivity index (χ2v) is 7.23. The van der Waals surface area contributed by atoms with Crippen LogP contribution in [-0.4, -0.2) is 50.2 Å². The largest absolute Gasteiger partial charge is 0.496 e. The van der Waals surface area contributed by atoms with Crippen LogP contribution in [0.3, 0.4) is 0 Å². The van der Waals surface area contributed by atoms with E-state index in [9.17, 15) is 0 Å². The summed E-state index contributed by atoms with van der Waals surface area (Å²) in [6.07, 6.45) is 2.33. The molecule has 0 aliphatic rings. The van der Waals surface area contributed by atoms with Crippen LogP contribution in [0.4, 0.5) is 0 Å². The number of benzene rings is 1. The highest BCUT2D eigenvalue weighted by atomic mass is 79.9. The van der Waals surface area contributed by atoms with Crippen molar-refractivity contribution in [3.8, 4) is 5.75 Å². The Morgan fingerprint density at radius 2 is 2.00 bits per heavy atom. The minimum Gasteiger partial charge on any atom is -0.496 e. The lowest BCUT2D eigenvalue weighted by molar-refractivity contribution is 0.292. The second-order valence-electron chi connectivity index (χ2n) is 6.38. The third kappa shape index (κ3) is 8.41. The monoisotopic (exact) mass is 426 g/mol. The van der Waals surface area contributed by atoms with E-state index in [-0.39, 0.29) is 0 Å². The van der Waals surface area contributed by atoms with Crippen molar-refractivity contribution >= 4 is 21.9 Å². The molecule has 0 saturated heterocycles. The minimum absolute atomic E-state index is 0.394. The second kappa shape index (κ2) is 13.0. The molecular weight excluding hydrogens is 392 g/mol. The molecule has 0 saturated carbocycles. The van der Waals surface area contributed by atoms with Crippen molar-refractivity contribution in [2.45, 2.75) is 53.1 Å². The van der Waals surface area contributed by atoms with Crippen molar-refractivity contribution < 1.29 is 4.74 Å². The summed E-state index contributed by atoms with van der Waals surface area (Å²) in [6, 6.07) is 6.46. The molecule has 1 rings (SSSR count). The molecule has 0 fully saturated rings. The van der Waals surface area contributed by atoms with Gasteiger partial charge in [0.1, 0.15) is 5.75 Å². The highest BCUT2D eigenvalue weighted by Crippen LogP contribution is 2.25. The predicted octanol–water partition coefficient (Wildman–Crippen LogP) is 4.02. The van der Waals surface area contributed by atoms with E-state index in [2.05, 4.69) is 65.2 Å². The van der Waals surface area contributed by atoms with Crippen molar-refractivity contribution in [3.05, 3.63) is 28.2 Å². The number of ether oxygens (including phenoxy) is 1. The van der Waals surface area contributed by atoms with E-state index in [0.29, 0.717) is 12.6 Å². The number of nitrogens with one attached hydrogen (secondary N) is 2. The van der Waals surface area contributed by atoms with Crippen molar-refractivity contribution in [2.24, 2.45) is 4.99 Å². The fraction of sp³-hybridized carbons (Fsp3) is 0.650. The molecule has 0 radical (unpaired) electrons. The summed E-state index contributed by atoms with van der Waals surface area (Å²) >= 11 is 3.53. The van der Waals surface area contributed by atoms with Crippen molar-refractivity contribution in [2.75, 3.05) is 33.3 Å². The molecule has 0 aliphatic heterocycles. The maximum Gasteiger partial charge on any atom is 0.191 e. The molecule has 0 spiro atoms. The molecule has 0 aliphatic carbocycles. The van der Waals surface area contributed by atoms with Gasteiger partial charge < -0.3 is 20.3 Å². The average molecular weight is 427 g/mol. The van der Waals surface area contributed by atoms with E-state index in [1.165, 1.54) is 6.42 Å². The Hall–Kier alpha value is -1.27. The summed E-state index contributed by atoms with van der Waals surface area (Å²) in [5, 5.41) is 6.85. The van der Waals surface area contributed by atoms with Gasteiger partial charge in [-0.25, -0.2) is 4.99 Å². The number of hydrogen-bond donors (Lipinski definition) is 2. The Morgan fingerprint density at radius 1 is 1.27 bits per heavy atom. The van der Waals surface area contributed by atoms with Crippen LogP contribution in [0, 0.1) is 0 Å². The van der Waals surface area contributed by atoms with E-state index in [1.807, 2.05) is 12.1 Å². The molecule has 6 heteroatoms. The Kier molecular flexibility index (Phi) is 11.4. The first kappa shape index (κ1) is 22.8. The first-order chi connectivity index (χ1) is 12.5. The number of halogens is 1. The first-order valence-corrected chi connectivity index (χ1v) is 10.4. The molecule has 0 aromatic heterocycles. The van der Waals surface area contributed by atoms with E-state index in [1.54, 1.807) is 7.11 Å². The van der Waals surface area contributed by atoms with Gasteiger partial charge in [0.15, 0.2) is 5.96 Å². The molecule has 0 bridgehead atoms. The molecule has 148 valence electrons. The third-order valence-electron chi connectivity index (χ3n) is 4.37. The van der Waals surface area contributed by atoms with Gasteiger partial charge in [-0.15, -0.1) is 0 Å². The van der Waals surface area contributed by atoms with E-state index in [4.69, 9.17) is 9.73 Å². The summed E-state index contributed by atoms with van der Waals surface area (Å²) in [7, 11) is 1.67. The van der Waals surface area contributed by atoms with Crippen LogP contribution < -0.4 is 15.4 Å². The molecule has 2 N–H and O–H groups in total. The number of aliphatic imine (C=N–C) groups is 1. The topological polar surface area (TPSA) is 48.9 Å². The van der Waals surface area contributed by atoms with Crippen LogP contribution in [0.15, 0.2) is 27.7 Å². The molecule has 26 heavy (non-hydrogen) atoms. The lowest BCUT2D eigenvalue weighted by atomic mass is 10.2. The Labute approximate surface area is 167 Å². The Morgan fingerprint density at radius 3 is 2.58 bits per heavy atom. The van der Waals surface area contributed by atoms with Crippen LogP contribution in [0.5, 0.6) is 5.75 Å². The number of nitrogens with zero attached hydrogens (tertiary/aromatic N) is 2. The SMILES string of the molecule is CCNC(=NCc1ccc(OC)c(Br)c1)NC(C)CCCN(CC)CC. The number of rotatable bonds is 11. The minimum atomic E-state index is 0.394. The lowest BCUT2D eigenvalue weighted by Gasteiger charge is -2.21. The van der Waals surface area contributed by atoms with Gasteiger partial charge in [0, 0.05) is 12.6 Å². The lowest BCUT2D eigenvalue weighted by Crippen LogP contribution is -2.42. The highest BCUT2D eigenvalue weighted by Gasteiger charge is 2.07. The number of hydrogen-bond acceptors (Lipinski definition) is 3. The van der Waals surface area contributed by atoms with Crippen LogP contribution in [0.2, 0.25) is 0 Å². The fourth-order valence-electron chi connectivity index (χ4n) is 2.77. The standard InChI is InChI=1S/C20H35BrN4O/c1-6-22-20(24-16(4)10-9-13-25(7-2)8-3)23-15-17-11-12-19(26-5)18(21)14-17/h11-12,14,16H,6-10,13,15H2,1-5H3,(H2,22,23,24). The predicted molar refractivity (Wildman–Crippen MR) is 115 cm³/mol. The number of guanidine groups is 1. The quantitative estimate of drug-likeness (QED) is 0.414. The first-order valence-electron chi connectivity index (χ1n) is 9.63. The summed E-state index contributed by atoms with van der Waals surface area (Å²) in [5.74, 6) is 1.71. The van der Waals surface area contributed by atoms with Gasteiger partial charge in [0.2, 0.25) is 0 Å². The molecule has 1 aromatic rings. The maximum atomic E-state index is 5.28. The summed E-state index contributed by atoms with van der Waals surface area (Å²) in [5.41, 5.74) is 1.14. The van der Waals surface area contributed by atoms with Gasteiger partial charge in [0.05, 0.1) is 18.1 Å². The molecular formula is C20H35BrN4O. The Balaban J connectivity index is 2.55. The van der Waals surface area contributed by atoms with Crippen LogP contribution in [0.25, 0.3) is 0 Å². The summed E-state index contributed by atoms with van der Waals surface area (Å²) in [4.78, 5) is 7.18. The summed E-state index contributed by atoms with van der Waals surface area (Å²) < 4.78 is 6.23. The van der Waals surface area contributed by atoms with E-state index >= 15 is 0 Å². The van der Waals surface area contributed by atoms with Gasteiger partial charge in [-0.2, -0.15) is 0 Å². The zero-order valence-corrected chi connectivity index (χ0v) is 18.5. The summed E-state index contributed by atoms with van der Waals surface area (Å²) in [6.45, 7) is 13.6. The van der Waals surface area contributed by atoms with Gasteiger partial charge in [-0.1, -0.05) is 19.9 Å². The highest BCUT2D eigenvalue weighted by molar-refractivity contribution is 9.10. The molecule has 0 heterocycles. The third-order valence-corrected chi connectivity index (χ3v) is 4.99. The van der Waals surface area contributed by atoms with Crippen molar-refractivity contribution in [1.82, 2.24) is 15.5 Å². The van der Waals surface area contributed by atoms with Gasteiger partial charge in [-0.05, 0) is 79.9 Å². The normalized spacial score (nSPS) is 13.0. The zero-order chi connectivity index (χ0) is 19.4. The maximum absolute atomic E-state index is 5.28. The average Bonchev–Trinajstić information content (AvgIpc) is 2.63. The smallest absolute Gasteiger partial charge is 0.191 e. The van der Waals surface area contributed by atoms with E-state index in [0.717, 1.165) is 54.3 Å². The van der Waals surface area contributed by atoms with Gasteiger partial charge >= 0.3 is 0 Å². The van der Waals surface area contributed by atoms with E-state index < -0.39 is 0 Å². The Bertz CT molecular complexity index is 547. The van der Waals surface area contributed by atoms with Crippen LogP contribution >= 0.6 is 15.9 Å². The van der Waals surface area contributed by atoms with Crippen molar-refractivity contribution in [1.29, 1.82) is 0 Å². The molecule has 5 nitrogen and oxygen atoms in total. The van der Waals surface area contributed by atoms with Crippen molar-refractivity contribution in [3.63, 3.8) is 0 Å².